The van der Waals surface area contributed by atoms with Crippen molar-refractivity contribution >= 4 is 11.9 Å². The van der Waals surface area contributed by atoms with Gasteiger partial charge in [0.1, 0.15) is 0 Å². The first kappa shape index (κ1) is 12.4. The standard InChI is InChI=1S/C11H17N6O/c1-7(2)16-11(18)17(8(3)4)15-10(14-16)9-12-5-6-13-9/h5-8H,1-4H3,(H,12,13). The molecule has 0 fully saturated rings. The van der Waals surface area contributed by atoms with Crippen molar-refractivity contribution in [2.45, 2.75) is 39.8 Å². The molecule has 1 aromatic heterocycles. The number of H-pyrrole nitrogens is 1. The van der Waals surface area contributed by atoms with Crippen molar-refractivity contribution in [1.29, 1.82) is 0 Å². The lowest BCUT2D eigenvalue weighted by Gasteiger charge is -2.35. The van der Waals surface area contributed by atoms with Gasteiger partial charge in [-0.3, -0.25) is 0 Å². The maximum absolute atomic E-state index is 12.1. The SMILES string of the molecule is CC(C)N1[N]C(c2ncc[nH]2)=NN(C(C)C)C1=O. The van der Waals surface area contributed by atoms with E-state index in [1.807, 2.05) is 27.7 Å². The molecule has 18 heavy (non-hydrogen) atoms. The zero-order valence-corrected chi connectivity index (χ0v) is 11.0. The van der Waals surface area contributed by atoms with Crippen LogP contribution in [0.2, 0.25) is 0 Å². The molecule has 0 aromatic carbocycles. The van der Waals surface area contributed by atoms with Gasteiger partial charge in [-0.2, -0.15) is 0 Å². The first-order valence-electron chi connectivity index (χ1n) is 5.93. The molecule has 97 valence electrons. The Morgan fingerprint density at radius 1 is 1.17 bits per heavy atom. The van der Waals surface area contributed by atoms with E-state index in [1.165, 1.54) is 10.0 Å². The summed E-state index contributed by atoms with van der Waals surface area (Å²) in [6, 6.07) is -0.270. The largest absolute Gasteiger partial charge is 0.361 e. The van der Waals surface area contributed by atoms with Crippen LogP contribution in [0.4, 0.5) is 4.79 Å². The number of amides is 2. The van der Waals surface area contributed by atoms with Crippen molar-refractivity contribution in [3.63, 3.8) is 0 Å². The molecule has 2 amide bonds. The maximum Gasteiger partial charge on any atom is 0.361 e. The highest BCUT2D eigenvalue weighted by atomic mass is 16.2. The monoisotopic (exact) mass is 249 g/mol. The predicted octanol–water partition coefficient (Wildman–Crippen LogP) is 1.15. The Morgan fingerprint density at radius 3 is 2.33 bits per heavy atom. The van der Waals surface area contributed by atoms with Gasteiger partial charge < -0.3 is 4.98 Å². The molecule has 0 saturated heterocycles. The fourth-order valence-electron chi connectivity index (χ4n) is 1.57. The first-order valence-corrected chi connectivity index (χ1v) is 5.93. The second kappa shape index (κ2) is 4.67. The number of nitrogens with one attached hydrogen (secondary N) is 1. The van der Waals surface area contributed by atoms with Gasteiger partial charge in [0.15, 0.2) is 5.82 Å². The molecule has 0 atom stereocenters. The molecule has 1 aliphatic heterocycles. The highest BCUT2D eigenvalue weighted by Gasteiger charge is 2.33. The maximum atomic E-state index is 12.1. The summed E-state index contributed by atoms with van der Waals surface area (Å²) in [6.07, 6.45) is 3.33. The quantitative estimate of drug-likeness (QED) is 0.872. The highest BCUT2D eigenvalue weighted by Crippen LogP contribution is 2.14. The minimum atomic E-state index is -0.213. The fourth-order valence-corrected chi connectivity index (χ4v) is 1.57. The molecule has 1 N–H and O–H groups in total. The summed E-state index contributed by atoms with van der Waals surface area (Å²) in [5, 5.41) is 7.08. The molecule has 1 aliphatic rings. The molecule has 0 unspecified atom stereocenters. The minimum absolute atomic E-state index is 0.0285. The summed E-state index contributed by atoms with van der Waals surface area (Å²) in [6.45, 7) is 7.63. The summed E-state index contributed by atoms with van der Waals surface area (Å²) >= 11 is 0. The Hall–Kier alpha value is -2.05. The number of carbonyl (C=O) groups is 1. The topological polar surface area (TPSA) is 78.7 Å². The molecule has 1 aromatic rings. The Bertz CT molecular complexity index is 450. The number of amidine groups is 1. The van der Waals surface area contributed by atoms with Crippen molar-refractivity contribution in [2.75, 3.05) is 0 Å². The van der Waals surface area contributed by atoms with Crippen LogP contribution in [-0.2, 0) is 0 Å². The Balaban J connectivity index is 2.36. The number of urea groups is 1. The van der Waals surface area contributed by atoms with E-state index in [2.05, 4.69) is 20.5 Å². The zero-order valence-electron chi connectivity index (χ0n) is 11.0. The number of aromatic nitrogens is 2. The van der Waals surface area contributed by atoms with Crippen LogP contribution in [0.5, 0.6) is 0 Å². The molecule has 2 heterocycles. The van der Waals surface area contributed by atoms with Gasteiger partial charge in [0.25, 0.3) is 0 Å². The normalized spacial score (nSPS) is 16.3. The van der Waals surface area contributed by atoms with Crippen LogP contribution >= 0.6 is 0 Å². The van der Waals surface area contributed by atoms with E-state index in [0.29, 0.717) is 11.7 Å². The van der Waals surface area contributed by atoms with Crippen molar-refractivity contribution in [1.82, 2.24) is 25.4 Å². The van der Waals surface area contributed by atoms with Gasteiger partial charge in [0.05, 0.1) is 12.1 Å². The molecule has 7 heteroatoms. The lowest BCUT2D eigenvalue weighted by atomic mass is 10.3. The first-order chi connectivity index (χ1) is 8.50. The third-order valence-electron chi connectivity index (χ3n) is 2.49. The van der Waals surface area contributed by atoms with E-state index < -0.39 is 0 Å². The van der Waals surface area contributed by atoms with Gasteiger partial charge in [-0.15, -0.1) is 10.5 Å². The molecule has 7 nitrogen and oxygen atoms in total. The van der Waals surface area contributed by atoms with Crippen LogP contribution in [0.1, 0.15) is 33.5 Å². The molecular formula is C11H17N6O. The number of hydrazone groups is 1. The van der Waals surface area contributed by atoms with E-state index in [-0.39, 0.29) is 18.1 Å². The molecular weight excluding hydrogens is 232 g/mol. The number of nitrogens with zero attached hydrogens (tertiary/aromatic N) is 5. The van der Waals surface area contributed by atoms with Gasteiger partial charge in [0.2, 0.25) is 5.84 Å². The van der Waals surface area contributed by atoms with Crippen molar-refractivity contribution in [3.8, 4) is 0 Å². The van der Waals surface area contributed by atoms with E-state index >= 15 is 0 Å². The smallest absolute Gasteiger partial charge is 0.342 e. The summed E-state index contributed by atoms with van der Waals surface area (Å²) in [7, 11) is 0. The van der Waals surface area contributed by atoms with Crippen LogP contribution < -0.4 is 5.43 Å². The second-order valence-corrected chi connectivity index (χ2v) is 4.62. The Labute approximate surface area is 106 Å². The van der Waals surface area contributed by atoms with Crippen LogP contribution in [0.3, 0.4) is 0 Å². The molecule has 2 rings (SSSR count). The van der Waals surface area contributed by atoms with Crippen LogP contribution in [-0.4, -0.2) is 43.9 Å². The predicted molar refractivity (Wildman–Crippen MR) is 66.6 cm³/mol. The molecule has 0 saturated carbocycles. The lowest BCUT2D eigenvalue weighted by molar-refractivity contribution is 0.103. The highest BCUT2D eigenvalue weighted by molar-refractivity contribution is 5.98. The fraction of sp³-hybridized carbons (Fsp3) is 0.545. The molecule has 0 spiro atoms. The molecule has 0 bridgehead atoms. The average Bonchev–Trinajstić information content (AvgIpc) is 2.82. The van der Waals surface area contributed by atoms with E-state index in [0.717, 1.165) is 0 Å². The summed E-state index contributed by atoms with van der Waals surface area (Å²) in [5.41, 5.74) is 4.24. The summed E-state index contributed by atoms with van der Waals surface area (Å²) < 4.78 is 0. The average molecular weight is 249 g/mol. The van der Waals surface area contributed by atoms with Crippen molar-refractivity contribution in [2.24, 2.45) is 5.10 Å². The minimum Gasteiger partial charge on any atom is -0.342 e. The van der Waals surface area contributed by atoms with E-state index in [4.69, 9.17) is 0 Å². The number of aromatic amines is 1. The second-order valence-electron chi connectivity index (χ2n) is 4.62. The summed E-state index contributed by atoms with van der Waals surface area (Å²) in [5.74, 6) is 0.973. The van der Waals surface area contributed by atoms with Gasteiger partial charge >= 0.3 is 6.03 Å². The van der Waals surface area contributed by atoms with Crippen LogP contribution in [0.15, 0.2) is 17.5 Å². The van der Waals surface area contributed by atoms with Crippen LogP contribution in [0, 0.1) is 0 Å². The van der Waals surface area contributed by atoms with Gasteiger partial charge in [-0.25, -0.2) is 19.8 Å². The molecule has 0 aliphatic carbocycles. The molecule has 1 radical (unpaired) electrons. The van der Waals surface area contributed by atoms with Crippen LogP contribution in [0.25, 0.3) is 0 Å². The third kappa shape index (κ3) is 2.15. The Morgan fingerprint density at radius 2 is 1.83 bits per heavy atom. The number of imidazole rings is 1. The number of rotatable bonds is 3. The number of carbonyl (C=O) groups excluding carboxylic acids is 1. The van der Waals surface area contributed by atoms with Gasteiger partial charge in [0, 0.05) is 12.4 Å². The van der Waals surface area contributed by atoms with Crippen molar-refractivity contribution < 1.29 is 4.79 Å². The van der Waals surface area contributed by atoms with E-state index in [1.54, 1.807) is 12.4 Å². The number of hydrogen-bond donors (Lipinski definition) is 1. The number of hydrogen-bond acceptors (Lipinski definition) is 3. The summed E-state index contributed by atoms with van der Waals surface area (Å²) in [4.78, 5) is 19.2. The van der Waals surface area contributed by atoms with Gasteiger partial charge in [-0.1, -0.05) is 0 Å². The Kier molecular flexibility index (Phi) is 3.22. The van der Waals surface area contributed by atoms with Gasteiger partial charge in [-0.05, 0) is 27.7 Å². The van der Waals surface area contributed by atoms with E-state index in [9.17, 15) is 4.79 Å². The van der Waals surface area contributed by atoms with Crippen molar-refractivity contribution in [3.05, 3.63) is 18.2 Å². The third-order valence-corrected chi connectivity index (χ3v) is 2.49. The lowest BCUT2D eigenvalue weighted by Crippen LogP contribution is -2.56. The zero-order chi connectivity index (χ0) is 13.3.